The first kappa shape index (κ1) is 27.5. The second kappa shape index (κ2) is 13.9. The zero-order chi connectivity index (χ0) is 26.7. The monoisotopic (exact) mass is 524 g/mol. The van der Waals surface area contributed by atoms with E-state index in [0.717, 1.165) is 62.1 Å². The second-order valence-electron chi connectivity index (χ2n) is 9.61. The lowest BCUT2D eigenvalue weighted by atomic mass is 10.1. The van der Waals surface area contributed by atoms with Crippen LogP contribution in [0.15, 0.2) is 36.7 Å². The van der Waals surface area contributed by atoms with Crippen molar-refractivity contribution in [3.8, 4) is 5.75 Å². The first-order chi connectivity index (χ1) is 18.6. The summed E-state index contributed by atoms with van der Waals surface area (Å²) in [7, 11) is 1.58. The fraction of sp³-hybridized carbons (Fsp3) is 0.500. The van der Waals surface area contributed by atoms with Crippen molar-refractivity contribution in [1.29, 1.82) is 0 Å². The van der Waals surface area contributed by atoms with Crippen LogP contribution in [-0.2, 0) is 17.6 Å². The lowest BCUT2D eigenvalue weighted by Gasteiger charge is -2.24. The summed E-state index contributed by atoms with van der Waals surface area (Å²) in [5.41, 5.74) is 3.03. The molecule has 4 rings (SSSR count). The summed E-state index contributed by atoms with van der Waals surface area (Å²) < 4.78 is 18.2. The number of pyridine rings is 1. The minimum absolute atomic E-state index is 0.362. The number of carbonyl (C=O) groups is 1. The van der Waals surface area contributed by atoms with Gasteiger partial charge in [-0.15, -0.1) is 0 Å². The number of carboxylic acid groups (broad SMARTS) is 1. The predicted molar refractivity (Wildman–Crippen MR) is 147 cm³/mol. The molecule has 0 saturated heterocycles. The highest BCUT2D eigenvalue weighted by Gasteiger charge is 2.20. The molecule has 38 heavy (non-hydrogen) atoms. The van der Waals surface area contributed by atoms with Gasteiger partial charge in [-0.05, 0) is 75.3 Å². The molecule has 2 aromatic heterocycles. The van der Waals surface area contributed by atoms with Gasteiger partial charge in [-0.2, -0.15) is 0 Å². The Hall–Kier alpha value is -3.53. The van der Waals surface area contributed by atoms with Gasteiger partial charge in [0, 0.05) is 36.8 Å². The molecule has 0 unspecified atom stereocenters. The Morgan fingerprint density at radius 2 is 2.05 bits per heavy atom. The molecule has 0 fully saturated rings. The average Bonchev–Trinajstić information content (AvgIpc) is 2.94. The Bertz CT molecular complexity index is 1210. The van der Waals surface area contributed by atoms with Crippen molar-refractivity contribution in [2.75, 3.05) is 50.6 Å². The van der Waals surface area contributed by atoms with Crippen molar-refractivity contribution in [2.24, 2.45) is 0 Å². The van der Waals surface area contributed by atoms with E-state index in [1.807, 2.05) is 6.07 Å². The fourth-order valence-corrected chi connectivity index (χ4v) is 4.78. The van der Waals surface area contributed by atoms with Crippen LogP contribution in [0.1, 0.15) is 43.4 Å². The molecule has 1 aliphatic rings. The Morgan fingerprint density at radius 1 is 1.18 bits per heavy atom. The van der Waals surface area contributed by atoms with E-state index in [9.17, 15) is 14.3 Å². The molecule has 0 bridgehead atoms. The SMILES string of the molecule is COc1ccc2c(N[C@@H](CCN(CCCF)CCCCc3ccc4c(n3)NCCC4)C(=O)O)ncnc2c1. The number of ether oxygens (including phenoxy) is 1. The molecule has 1 aliphatic heterocycles. The molecule has 0 spiro atoms. The maximum absolute atomic E-state index is 12.9. The lowest BCUT2D eigenvalue weighted by Crippen LogP contribution is -2.36. The molecular formula is C28H37FN6O3. The molecule has 3 N–H and O–H groups in total. The third kappa shape index (κ3) is 7.50. The van der Waals surface area contributed by atoms with Crippen molar-refractivity contribution in [2.45, 2.75) is 51.0 Å². The number of halogens is 1. The number of fused-ring (bicyclic) bond motifs is 2. The van der Waals surface area contributed by atoms with Crippen LogP contribution in [0.2, 0.25) is 0 Å². The van der Waals surface area contributed by atoms with E-state index in [1.54, 1.807) is 19.2 Å². The van der Waals surface area contributed by atoms with Gasteiger partial charge in [0.25, 0.3) is 0 Å². The smallest absolute Gasteiger partial charge is 0.326 e. The van der Waals surface area contributed by atoms with E-state index in [2.05, 4.69) is 37.6 Å². The number of carboxylic acids is 1. The quantitative estimate of drug-likeness (QED) is 0.250. The highest BCUT2D eigenvalue weighted by Crippen LogP contribution is 2.25. The van der Waals surface area contributed by atoms with Crippen LogP contribution >= 0.6 is 0 Å². The first-order valence-electron chi connectivity index (χ1n) is 13.4. The molecule has 1 aromatic carbocycles. The summed E-state index contributed by atoms with van der Waals surface area (Å²) >= 11 is 0. The molecule has 0 amide bonds. The van der Waals surface area contributed by atoms with Gasteiger partial charge in [0.15, 0.2) is 0 Å². The fourth-order valence-electron chi connectivity index (χ4n) is 4.78. The summed E-state index contributed by atoms with van der Waals surface area (Å²) in [4.78, 5) is 27.5. The minimum atomic E-state index is -0.956. The van der Waals surface area contributed by atoms with Crippen molar-refractivity contribution in [1.82, 2.24) is 19.9 Å². The van der Waals surface area contributed by atoms with E-state index in [0.29, 0.717) is 43.0 Å². The molecule has 0 saturated carbocycles. The van der Waals surface area contributed by atoms with E-state index in [4.69, 9.17) is 9.72 Å². The maximum atomic E-state index is 12.9. The number of aryl methyl sites for hydroxylation is 2. The standard InChI is InChI=1S/C28H37FN6O3/c1-38-22-10-11-23-25(18-22)31-19-32-27(23)34-24(28(36)37)12-17-35(16-5-13-29)15-3-2-7-21-9-8-20-6-4-14-30-26(20)33-21/h8-11,18-19,24H,2-7,12-17H2,1H3,(H,30,33)(H,36,37)(H,31,32,34)/t24-/m0/s1. The van der Waals surface area contributed by atoms with Gasteiger partial charge in [-0.1, -0.05) is 6.07 Å². The Labute approximate surface area is 222 Å². The topological polar surface area (TPSA) is 113 Å². The van der Waals surface area contributed by atoms with Crippen LogP contribution in [-0.4, -0.2) is 76.9 Å². The van der Waals surface area contributed by atoms with Gasteiger partial charge in [0.1, 0.15) is 29.8 Å². The van der Waals surface area contributed by atoms with Crippen LogP contribution in [0.3, 0.4) is 0 Å². The summed E-state index contributed by atoms with van der Waals surface area (Å²) in [5.74, 6) is 1.19. The van der Waals surface area contributed by atoms with E-state index >= 15 is 0 Å². The minimum Gasteiger partial charge on any atom is -0.497 e. The number of aliphatic carboxylic acids is 1. The molecule has 204 valence electrons. The van der Waals surface area contributed by atoms with Crippen LogP contribution in [0.5, 0.6) is 5.75 Å². The molecule has 3 heterocycles. The number of benzene rings is 1. The van der Waals surface area contributed by atoms with Crippen LogP contribution < -0.4 is 15.4 Å². The van der Waals surface area contributed by atoms with Crippen LogP contribution in [0.4, 0.5) is 16.0 Å². The number of nitrogens with zero attached hydrogens (tertiary/aromatic N) is 4. The predicted octanol–water partition coefficient (Wildman–Crippen LogP) is 4.33. The molecule has 0 radical (unpaired) electrons. The largest absolute Gasteiger partial charge is 0.497 e. The van der Waals surface area contributed by atoms with Crippen molar-refractivity contribution in [3.05, 3.63) is 47.9 Å². The number of hydrogen-bond donors (Lipinski definition) is 3. The third-order valence-corrected chi connectivity index (χ3v) is 6.90. The number of unbranched alkanes of at least 4 members (excludes halogenated alkanes) is 1. The number of rotatable bonds is 15. The highest BCUT2D eigenvalue weighted by molar-refractivity contribution is 5.91. The Balaban J connectivity index is 1.31. The van der Waals surface area contributed by atoms with Gasteiger partial charge in [-0.25, -0.2) is 19.7 Å². The van der Waals surface area contributed by atoms with Gasteiger partial charge in [0.05, 0.1) is 19.3 Å². The third-order valence-electron chi connectivity index (χ3n) is 6.90. The Kier molecular flexibility index (Phi) is 10.0. The van der Waals surface area contributed by atoms with E-state index in [1.165, 1.54) is 11.9 Å². The zero-order valence-corrected chi connectivity index (χ0v) is 22.0. The van der Waals surface area contributed by atoms with Crippen LogP contribution in [0.25, 0.3) is 10.9 Å². The normalized spacial score (nSPS) is 13.7. The number of anilines is 2. The lowest BCUT2D eigenvalue weighted by molar-refractivity contribution is -0.138. The van der Waals surface area contributed by atoms with E-state index < -0.39 is 12.0 Å². The summed E-state index contributed by atoms with van der Waals surface area (Å²) in [6.07, 6.45) is 7.21. The summed E-state index contributed by atoms with van der Waals surface area (Å²) in [6, 6.07) is 8.84. The van der Waals surface area contributed by atoms with Gasteiger partial charge in [-0.3, -0.25) is 4.39 Å². The number of methoxy groups -OCH3 is 1. The van der Waals surface area contributed by atoms with Crippen molar-refractivity contribution < 1.29 is 19.0 Å². The molecule has 1 atom stereocenters. The van der Waals surface area contributed by atoms with Gasteiger partial charge >= 0.3 is 5.97 Å². The summed E-state index contributed by atoms with van der Waals surface area (Å²) in [6.45, 7) is 2.51. The molecule has 10 heteroatoms. The number of nitrogens with one attached hydrogen (secondary N) is 2. The van der Waals surface area contributed by atoms with Crippen molar-refractivity contribution >= 4 is 28.5 Å². The second-order valence-corrected chi connectivity index (χ2v) is 9.61. The van der Waals surface area contributed by atoms with Crippen LogP contribution in [0, 0.1) is 0 Å². The zero-order valence-electron chi connectivity index (χ0n) is 22.0. The first-order valence-corrected chi connectivity index (χ1v) is 13.4. The highest BCUT2D eigenvalue weighted by atomic mass is 19.1. The molecular weight excluding hydrogens is 487 g/mol. The summed E-state index contributed by atoms with van der Waals surface area (Å²) in [5, 5.41) is 17.1. The Morgan fingerprint density at radius 3 is 2.87 bits per heavy atom. The average molecular weight is 525 g/mol. The molecule has 3 aromatic rings. The number of aromatic nitrogens is 3. The maximum Gasteiger partial charge on any atom is 0.326 e. The van der Waals surface area contributed by atoms with E-state index in [-0.39, 0.29) is 6.67 Å². The van der Waals surface area contributed by atoms with Crippen molar-refractivity contribution in [3.63, 3.8) is 0 Å². The number of alkyl halides is 1. The number of hydrogen-bond acceptors (Lipinski definition) is 8. The van der Waals surface area contributed by atoms with Gasteiger partial charge < -0.3 is 25.4 Å². The molecule has 9 nitrogen and oxygen atoms in total. The van der Waals surface area contributed by atoms with Gasteiger partial charge in [0.2, 0.25) is 0 Å². The molecule has 0 aliphatic carbocycles.